The third-order valence-electron chi connectivity index (χ3n) is 4.49. The first-order valence-corrected chi connectivity index (χ1v) is 7.85. The predicted molar refractivity (Wildman–Crippen MR) is 83.1 cm³/mol. The molecule has 2 N–H and O–H groups in total. The van der Waals surface area contributed by atoms with Crippen LogP contribution in [0, 0.1) is 17.5 Å². The van der Waals surface area contributed by atoms with Gasteiger partial charge in [0.2, 0.25) is 0 Å². The number of nitrogens with zero attached hydrogens (tertiary/aromatic N) is 2. The van der Waals surface area contributed by atoms with E-state index in [0.29, 0.717) is 6.07 Å². The smallest absolute Gasteiger partial charge is 0.355 e. The Morgan fingerprint density at radius 3 is 2.42 bits per heavy atom. The predicted octanol–water partition coefficient (Wildman–Crippen LogP) is 3.84. The molecule has 3 nitrogen and oxygen atoms in total. The molecule has 0 spiro atoms. The maximum absolute atomic E-state index is 14.0. The molecule has 0 saturated carbocycles. The minimum absolute atomic E-state index is 0.0246. The van der Waals surface area contributed by atoms with Gasteiger partial charge in [-0.2, -0.15) is 13.2 Å². The summed E-state index contributed by atoms with van der Waals surface area (Å²) in [6.45, 7) is 0.0973. The van der Waals surface area contributed by atoms with Crippen LogP contribution in [-0.4, -0.2) is 24.1 Å². The van der Waals surface area contributed by atoms with E-state index in [0.717, 1.165) is 12.1 Å². The van der Waals surface area contributed by atoms with Gasteiger partial charge < -0.3 is 10.6 Å². The van der Waals surface area contributed by atoms with Crippen LogP contribution in [0.2, 0.25) is 0 Å². The number of pyridine rings is 1. The lowest BCUT2D eigenvalue weighted by molar-refractivity contribution is -0.137. The number of halogens is 6. The van der Waals surface area contributed by atoms with E-state index in [-0.39, 0.29) is 30.9 Å². The number of rotatable bonds is 2. The number of nitrogens with two attached hydrogens (primary N) is 1. The largest absolute Gasteiger partial charge is 0.419 e. The molecule has 0 bridgehead atoms. The van der Waals surface area contributed by atoms with E-state index < -0.39 is 41.2 Å². The lowest BCUT2D eigenvalue weighted by atomic mass is 9.85. The molecular formula is C17H15F6N3. The first-order chi connectivity index (χ1) is 12.2. The van der Waals surface area contributed by atoms with Gasteiger partial charge in [0.25, 0.3) is 0 Å². The quantitative estimate of drug-likeness (QED) is 0.641. The summed E-state index contributed by atoms with van der Waals surface area (Å²) in [6.07, 6.45) is -3.15. The molecule has 1 aliphatic rings. The highest BCUT2D eigenvalue weighted by atomic mass is 19.4. The summed E-state index contributed by atoms with van der Waals surface area (Å²) in [4.78, 5) is 5.19. The molecule has 0 unspecified atom stereocenters. The Bertz CT molecular complexity index is 808. The molecule has 2 aromatic rings. The van der Waals surface area contributed by atoms with Crippen LogP contribution in [0.15, 0.2) is 30.5 Å². The summed E-state index contributed by atoms with van der Waals surface area (Å²) in [5.41, 5.74) is 5.06. The van der Waals surface area contributed by atoms with Crippen LogP contribution in [0.3, 0.4) is 0 Å². The molecule has 0 amide bonds. The van der Waals surface area contributed by atoms with Crippen LogP contribution in [0.1, 0.15) is 23.5 Å². The minimum Gasteiger partial charge on any atom is -0.355 e. The molecule has 1 aliphatic heterocycles. The first kappa shape index (κ1) is 18.5. The van der Waals surface area contributed by atoms with Crippen molar-refractivity contribution in [3.63, 3.8) is 0 Å². The maximum Gasteiger partial charge on any atom is 0.419 e. The van der Waals surface area contributed by atoms with E-state index in [1.165, 1.54) is 17.2 Å². The van der Waals surface area contributed by atoms with Crippen LogP contribution < -0.4 is 10.6 Å². The Kier molecular flexibility index (Phi) is 4.83. The van der Waals surface area contributed by atoms with E-state index in [1.54, 1.807) is 0 Å². The standard InChI is InChI=1S/C17H15F6N3/c18-12-7-14(20)13(19)6-10(12)9-3-5-26(8-15(9)24)16-11(17(21,22)23)2-1-4-25-16/h1-2,4,6-7,9,15H,3,5,8,24H2/t9-,15+/m1/s1. The normalized spacial score (nSPS) is 21.1. The number of hydrogen-bond acceptors (Lipinski definition) is 3. The number of aromatic nitrogens is 1. The molecule has 2 heterocycles. The summed E-state index contributed by atoms with van der Waals surface area (Å²) in [7, 11) is 0. The van der Waals surface area contributed by atoms with Crippen molar-refractivity contribution in [3.8, 4) is 0 Å². The summed E-state index contributed by atoms with van der Waals surface area (Å²) in [6, 6.07) is 2.55. The van der Waals surface area contributed by atoms with Crippen molar-refractivity contribution in [2.24, 2.45) is 5.73 Å². The van der Waals surface area contributed by atoms with Crippen LogP contribution >= 0.6 is 0 Å². The fourth-order valence-corrected chi connectivity index (χ4v) is 3.25. The molecule has 1 fully saturated rings. The molecular weight excluding hydrogens is 360 g/mol. The number of hydrogen-bond donors (Lipinski definition) is 1. The van der Waals surface area contributed by atoms with E-state index in [1.807, 2.05) is 0 Å². The zero-order valence-electron chi connectivity index (χ0n) is 13.4. The van der Waals surface area contributed by atoms with Crippen molar-refractivity contribution in [3.05, 3.63) is 59.0 Å². The Labute approximate surface area is 145 Å². The first-order valence-electron chi connectivity index (χ1n) is 7.85. The summed E-state index contributed by atoms with van der Waals surface area (Å²) in [5, 5.41) is 0. The van der Waals surface area contributed by atoms with E-state index in [9.17, 15) is 26.3 Å². The molecule has 9 heteroatoms. The molecule has 0 aliphatic carbocycles. The van der Waals surface area contributed by atoms with Crippen molar-refractivity contribution in [1.82, 2.24) is 4.98 Å². The molecule has 140 valence electrons. The van der Waals surface area contributed by atoms with Crippen LogP contribution in [0.5, 0.6) is 0 Å². The topological polar surface area (TPSA) is 42.1 Å². The number of alkyl halides is 3. The minimum atomic E-state index is -4.57. The van der Waals surface area contributed by atoms with Crippen molar-refractivity contribution in [2.75, 3.05) is 18.0 Å². The van der Waals surface area contributed by atoms with Gasteiger partial charge in [0, 0.05) is 37.3 Å². The van der Waals surface area contributed by atoms with Crippen LogP contribution in [-0.2, 0) is 6.18 Å². The molecule has 1 aromatic carbocycles. The second kappa shape index (κ2) is 6.79. The van der Waals surface area contributed by atoms with Gasteiger partial charge in [-0.25, -0.2) is 18.2 Å². The Balaban J connectivity index is 1.85. The fourth-order valence-electron chi connectivity index (χ4n) is 3.25. The van der Waals surface area contributed by atoms with Gasteiger partial charge in [-0.3, -0.25) is 0 Å². The van der Waals surface area contributed by atoms with E-state index in [2.05, 4.69) is 4.98 Å². The van der Waals surface area contributed by atoms with Crippen LogP contribution in [0.4, 0.5) is 32.2 Å². The summed E-state index contributed by atoms with van der Waals surface area (Å²) >= 11 is 0. The van der Waals surface area contributed by atoms with Gasteiger partial charge in [-0.05, 0) is 30.2 Å². The van der Waals surface area contributed by atoms with Crippen molar-refractivity contribution < 1.29 is 26.3 Å². The number of anilines is 1. The molecule has 1 saturated heterocycles. The van der Waals surface area contributed by atoms with Gasteiger partial charge >= 0.3 is 6.18 Å². The number of piperidine rings is 1. The highest BCUT2D eigenvalue weighted by Crippen LogP contribution is 2.38. The summed E-state index contributed by atoms with van der Waals surface area (Å²) < 4.78 is 80.0. The SMILES string of the molecule is N[C@H]1CN(c2ncccc2C(F)(F)F)CC[C@@H]1c1cc(F)c(F)cc1F. The highest BCUT2D eigenvalue weighted by molar-refractivity contribution is 5.49. The lowest BCUT2D eigenvalue weighted by Gasteiger charge is -2.38. The van der Waals surface area contributed by atoms with E-state index >= 15 is 0 Å². The molecule has 1 aromatic heterocycles. The second-order valence-corrected chi connectivity index (χ2v) is 6.17. The van der Waals surface area contributed by atoms with Crippen molar-refractivity contribution in [2.45, 2.75) is 24.6 Å². The van der Waals surface area contributed by atoms with Crippen molar-refractivity contribution >= 4 is 5.82 Å². The zero-order chi connectivity index (χ0) is 19.1. The van der Waals surface area contributed by atoms with Gasteiger partial charge in [0.1, 0.15) is 11.6 Å². The van der Waals surface area contributed by atoms with Crippen LogP contribution in [0.25, 0.3) is 0 Å². The molecule has 2 atom stereocenters. The third-order valence-corrected chi connectivity index (χ3v) is 4.49. The van der Waals surface area contributed by atoms with Gasteiger partial charge in [0.05, 0.1) is 5.56 Å². The average Bonchev–Trinajstić information content (AvgIpc) is 2.58. The molecule has 3 rings (SSSR count). The van der Waals surface area contributed by atoms with Gasteiger partial charge in [0.15, 0.2) is 11.6 Å². The third kappa shape index (κ3) is 3.48. The summed E-state index contributed by atoms with van der Waals surface area (Å²) in [5.74, 6) is -4.31. The maximum atomic E-state index is 14.0. The fraction of sp³-hybridized carbons (Fsp3) is 0.353. The Morgan fingerprint density at radius 2 is 1.77 bits per heavy atom. The second-order valence-electron chi connectivity index (χ2n) is 6.17. The highest BCUT2D eigenvalue weighted by Gasteiger charge is 2.38. The average molecular weight is 375 g/mol. The monoisotopic (exact) mass is 375 g/mol. The lowest BCUT2D eigenvalue weighted by Crippen LogP contribution is -2.48. The molecule has 0 radical (unpaired) electrons. The Morgan fingerprint density at radius 1 is 1.08 bits per heavy atom. The number of benzene rings is 1. The van der Waals surface area contributed by atoms with Gasteiger partial charge in [-0.15, -0.1) is 0 Å². The van der Waals surface area contributed by atoms with E-state index in [4.69, 9.17) is 5.73 Å². The van der Waals surface area contributed by atoms with Crippen molar-refractivity contribution in [1.29, 1.82) is 0 Å². The zero-order valence-corrected chi connectivity index (χ0v) is 13.4. The molecule has 26 heavy (non-hydrogen) atoms. The Hall–Kier alpha value is -2.29. The van der Waals surface area contributed by atoms with Gasteiger partial charge in [-0.1, -0.05) is 0 Å².